The highest BCUT2D eigenvalue weighted by atomic mass is 79.9. The Hall–Kier alpha value is -1.81. The van der Waals surface area contributed by atoms with Gasteiger partial charge in [-0.25, -0.2) is 0 Å². The third kappa shape index (κ3) is 3.17. The monoisotopic (exact) mass is 358 g/mol. The second-order valence-corrected chi connectivity index (χ2v) is 6.50. The van der Waals surface area contributed by atoms with Gasteiger partial charge in [0, 0.05) is 29.7 Å². The molecule has 1 aliphatic rings. The molecular weight excluding hydrogens is 340 g/mol. The third-order valence-electron chi connectivity index (χ3n) is 4.23. The Labute approximate surface area is 139 Å². The number of nitrogen functional groups attached to an aromatic ring is 1. The maximum absolute atomic E-state index is 12.5. The number of carbonyl (C=O) groups excluding carboxylic acids is 1. The number of hydrogen-bond acceptors (Lipinski definition) is 2. The van der Waals surface area contributed by atoms with Gasteiger partial charge in [0.15, 0.2) is 0 Å². The number of amides is 1. The number of aryl methyl sites for hydroxylation is 1. The predicted octanol–water partition coefficient (Wildman–Crippen LogP) is 3.55. The number of fused-ring (bicyclic) bond motifs is 1. The standard InChI is InChI=1S/C18H19BrN2O/c19-16-6-3-5-13-10-11-21(12-15(13)16)18(22)9-8-14-4-1-2-7-17(14)20/h1-7H,8-12,20H2. The molecule has 1 aliphatic heterocycles. The molecule has 114 valence electrons. The van der Waals surface area contributed by atoms with Gasteiger partial charge in [0.1, 0.15) is 0 Å². The Morgan fingerprint density at radius 1 is 1.18 bits per heavy atom. The van der Waals surface area contributed by atoms with E-state index in [9.17, 15) is 4.79 Å². The lowest BCUT2D eigenvalue weighted by molar-refractivity contribution is -0.132. The largest absolute Gasteiger partial charge is 0.399 e. The number of carbonyl (C=O) groups is 1. The van der Waals surface area contributed by atoms with E-state index in [1.54, 1.807) is 0 Å². The molecule has 0 saturated carbocycles. The van der Waals surface area contributed by atoms with Crippen LogP contribution in [-0.2, 0) is 24.2 Å². The molecule has 22 heavy (non-hydrogen) atoms. The summed E-state index contributed by atoms with van der Waals surface area (Å²) >= 11 is 3.59. The van der Waals surface area contributed by atoms with Gasteiger partial charge in [-0.05, 0) is 41.7 Å². The van der Waals surface area contributed by atoms with Gasteiger partial charge in [-0.3, -0.25) is 4.79 Å². The van der Waals surface area contributed by atoms with Crippen LogP contribution in [0.5, 0.6) is 0 Å². The normalized spacial score (nSPS) is 13.8. The molecular formula is C18H19BrN2O. The molecule has 0 saturated heterocycles. The summed E-state index contributed by atoms with van der Waals surface area (Å²) in [6, 6.07) is 14.0. The molecule has 0 atom stereocenters. The van der Waals surface area contributed by atoms with Crippen LogP contribution in [0.3, 0.4) is 0 Å². The second-order valence-electron chi connectivity index (χ2n) is 5.64. The van der Waals surface area contributed by atoms with Crippen LogP contribution in [-0.4, -0.2) is 17.4 Å². The fraction of sp³-hybridized carbons (Fsp3) is 0.278. The molecule has 0 fully saturated rings. The van der Waals surface area contributed by atoms with E-state index in [0.717, 1.165) is 28.7 Å². The van der Waals surface area contributed by atoms with Crippen LogP contribution in [0.25, 0.3) is 0 Å². The zero-order chi connectivity index (χ0) is 15.5. The van der Waals surface area contributed by atoms with Crippen molar-refractivity contribution >= 4 is 27.5 Å². The zero-order valence-electron chi connectivity index (χ0n) is 12.4. The van der Waals surface area contributed by atoms with E-state index >= 15 is 0 Å². The smallest absolute Gasteiger partial charge is 0.223 e. The predicted molar refractivity (Wildman–Crippen MR) is 92.4 cm³/mol. The molecule has 2 aromatic rings. The van der Waals surface area contributed by atoms with Gasteiger partial charge in [-0.2, -0.15) is 0 Å². The van der Waals surface area contributed by atoms with E-state index in [2.05, 4.69) is 28.1 Å². The van der Waals surface area contributed by atoms with Crippen molar-refractivity contribution in [1.29, 1.82) is 0 Å². The van der Waals surface area contributed by atoms with Crippen molar-refractivity contribution in [2.75, 3.05) is 12.3 Å². The molecule has 4 heteroatoms. The van der Waals surface area contributed by atoms with Crippen LogP contribution in [0.1, 0.15) is 23.1 Å². The van der Waals surface area contributed by atoms with Crippen molar-refractivity contribution in [2.45, 2.75) is 25.8 Å². The van der Waals surface area contributed by atoms with Crippen LogP contribution < -0.4 is 5.73 Å². The zero-order valence-corrected chi connectivity index (χ0v) is 14.0. The Morgan fingerprint density at radius 3 is 2.82 bits per heavy atom. The fourth-order valence-electron chi connectivity index (χ4n) is 2.91. The van der Waals surface area contributed by atoms with Crippen LogP contribution in [0, 0.1) is 0 Å². The molecule has 3 rings (SSSR count). The summed E-state index contributed by atoms with van der Waals surface area (Å²) in [5, 5.41) is 0. The summed E-state index contributed by atoms with van der Waals surface area (Å²) in [5.74, 6) is 0.199. The maximum Gasteiger partial charge on any atom is 0.223 e. The molecule has 1 amide bonds. The number of rotatable bonds is 3. The molecule has 0 unspecified atom stereocenters. The number of nitrogens with two attached hydrogens (primary N) is 1. The first kappa shape index (κ1) is 15.1. The first-order valence-electron chi connectivity index (χ1n) is 7.52. The van der Waals surface area contributed by atoms with E-state index in [1.165, 1.54) is 11.1 Å². The Bertz CT molecular complexity index is 699. The van der Waals surface area contributed by atoms with Crippen LogP contribution >= 0.6 is 15.9 Å². The van der Waals surface area contributed by atoms with Gasteiger partial charge >= 0.3 is 0 Å². The van der Waals surface area contributed by atoms with Gasteiger partial charge in [0.05, 0.1) is 0 Å². The first-order valence-corrected chi connectivity index (χ1v) is 8.32. The minimum absolute atomic E-state index is 0.199. The van der Waals surface area contributed by atoms with Crippen molar-refractivity contribution in [3.63, 3.8) is 0 Å². The lowest BCUT2D eigenvalue weighted by Crippen LogP contribution is -2.36. The second kappa shape index (κ2) is 6.53. The highest BCUT2D eigenvalue weighted by Gasteiger charge is 2.21. The number of nitrogens with zero attached hydrogens (tertiary/aromatic N) is 1. The summed E-state index contributed by atoms with van der Waals surface area (Å²) in [6.45, 7) is 1.49. The van der Waals surface area contributed by atoms with Gasteiger partial charge in [0.25, 0.3) is 0 Å². The molecule has 0 bridgehead atoms. The quantitative estimate of drug-likeness (QED) is 0.852. The molecule has 3 nitrogen and oxygen atoms in total. The number of hydrogen-bond donors (Lipinski definition) is 1. The third-order valence-corrected chi connectivity index (χ3v) is 4.97. The molecule has 1 heterocycles. The molecule has 0 spiro atoms. The van der Waals surface area contributed by atoms with Crippen LogP contribution in [0.2, 0.25) is 0 Å². The summed E-state index contributed by atoms with van der Waals surface area (Å²) in [4.78, 5) is 14.4. The van der Waals surface area contributed by atoms with E-state index in [0.29, 0.717) is 19.4 Å². The van der Waals surface area contributed by atoms with Gasteiger partial charge in [-0.1, -0.05) is 46.3 Å². The highest BCUT2D eigenvalue weighted by molar-refractivity contribution is 9.10. The highest BCUT2D eigenvalue weighted by Crippen LogP contribution is 2.27. The van der Waals surface area contributed by atoms with E-state index in [4.69, 9.17) is 5.73 Å². The molecule has 0 radical (unpaired) electrons. The minimum Gasteiger partial charge on any atom is -0.399 e. The SMILES string of the molecule is Nc1ccccc1CCC(=O)N1CCc2cccc(Br)c2C1. The molecule has 0 aliphatic carbocycles. The summed E-state index contributed by atoms with van der Waals surface area (Å²) in [7, 11) is 0. The van der Waals surface area contributed by atoms with Gasteiger partial charge in [-0.15, -0.1) is 0 Å². The van der Waals surface area contributed by atoms with Crippen molar-refractivity contribution in [2.24, 2.45) is 0 Å². The van der Waals surface area contributed by atoms with Gasteiger partial charge < -0.3 is 10.6 Å². The minimum atomic E-state index is 0.199. The lowest BCUT2D eigenvalue weighted by Gasteiger charge is -2.29. The average Bonchev–Trinajstić information content (AvgIpc) is 2.54. The first-order chi connectivity index (χ1) is 10.6. The Morgan fingerprint density at radius 2 is 2.00 bits per heavy atom. The number of anilines is 1. The van der Waals surface area contributed by atoms with Crippen LogP contribution in [0.4, 0.5) is 5.69 Å². The Kier molecular flexibility index (Phi) is 4.48. The van der Waals surface area contributed by atoms with Crippen molar-refractivity contribution in [1.82, 2.24) is 4.90 Å². The number of benzene rings is 2. The van der Waals surface area contributed by atoms with E-state index in [1.807, 2.05) is 35.2 Å². The average molecular weight is 359 g/mol. The molecule has 0 aromatic heterocycles. The lowest BCUT2D eigenvalue weighted by atomic mass is 9.99. The molecule has 2 N–H and O–H groups in total. The summed E-state index contributed by atoms with van der Waals surface area (Å²) in [6.07, 6.45) is 2.13. The van der Waals surface area contributed by atoms with Crippen molar-refractivity contribution in [3.8, 4) is 0 Å². The fourth-order valence-corrected chi connectivity index (χ4v) is 3.45. The maximum atomic E-state index is 12.5. The topological polar surface area (TPSA) is 46.3 Å². The van der Waals surface area contributed by atoms with E-state index < -0.39 is 0 Å². The molecule has 2 aromatic carbocycles. The summed E-state index contributed by atoms with van der Waals surface area (Å²) < 4.78 is 1.09. The number of para-hydroxylation sites is 1. The van der Waals surface area contributed by atoms with E-state index in [-0.39, 0.29) is 5.91 Å². The van der Waals surface area contributed by atoms with Crippen LogP contribution in [0.15, 0.2) is 46.9 Å². The Balaban J connectivity index is 1.65. The van der Waals surface area contributed by atoms with Crippen molar-refractivity contribution in [3.05, 3.63) is 63.6 Å². The number of halogens is 1. The summed E-state index contributed by atoms with van der Waals surface area (Å²) in [5.41, 5.74) is 10.3. The van der Waals surface area contributed by atoms with Gasteiger partial charge in [0.2, 0.25) is 5.91 Å². The van der Waals surface area contributed by atoms with Crippen molar-refractivity contribution < 1.29 is 4.79 Å².